The molecule has 1 unspecified atom stereocenters. The number of thiazole rings is 1. The van der Waals surface area contributed by atoms with Crippen molar-refractivity contribution >= 4 is 45.5 Å². The lowest BCUT2D eigenvalue weighted by Crippen LogP contribution is -2.07. The van der Waals surface area contributed by atoms with Gasteiger partial charge in [0, 0.05) is 17.2 Å². The Kier molecular flexibility index (Phi) is 5.06. The summed E-state index contributed by atoms with van der Waals surface area (Å²) in [6.07, 6.45) is 3.26. The molecule has 0 aliphatic carbocycles. The van der Waals surface area contributed by atoms with Gasteiger partial charge in [-0.2, -0.15) is 16.1 Å². The first-order valence-electron chi connectivity index (χ1n) is 6.06. The number of aryl methyl sites for hydroxylation is 1. The van der Waals surface area contributed by atoms with E-state index in [0.29, 0.717) is 11.1 Å². The molecule has 0 spiro atoms. The number of anilines is 2. The molecule has 0 amide bonds. The van der Waals surface area contributed by atoms with E-state index in [9.17, 15) is 0 Å². The van der Waals surface area contributed by atoms with Gasteiger partial charge in [0.25, 0.3) is 0 Å². The average Bonchev–Trinajstić information content (AvgIpc) is 2.95. The SMILES string of the molecule is CSC(C)CCNc1snc(N)c1-c1csc(C)n1. The largest absolute Gasteiger partial charge is 0.382 e. The third-order valence-electron chi connectivity index (χ3n) is 2.83. The van der Waals surface area contributed by atoms with E-state index in [1.54, 1.807) is 11.3 Å². The predicted octanol–water partition coefficient (Wildman–Crippen LogP) is 3.71. The number of aromatic nitrogens is 2. The molecule has 2 heterocycles. The summed E-state index contributed by atoms with van der Waals surface area (Å²) in [6.45, 7) is 5.16. The Hall–Kier alpha value is -0.790. The highest BCUT2D eigenvalue weighted by molar-refractivity contribution is 7.99. The van der Waals surface area contributed by atoms with Gasteiger partial charge in [0.15, 0.2) is 0 Å². The Balaban J connectivity index is 2.10. The molecule has 4 nitrogen and oxygen atoms in total. The van der Waals surface area contributed by atoms with E-state index >= 15 is 0 Å². The second-order valence-corrected chi connectivity index (χ2v) is 7.40. The summed E-state index contributed by atoms with van der Waals surface area (Å²) in [5.41, 5.74) is 7.84. The van der Waals surface area contributed by atoms with Gasteiger partial charge in [-0.1, -0.05) is 6.92 Å². The van der Waals surface area contributed by atoms with E-state index in [2.05, 4.69) is 27.9 Å². The summed E-state index contributed by atoms with van der Waals surface area (Å²) >= 11 is 4.92. The highest BCUT2D eigenvalue weighted by atomic mass is 32.2. The average molecular weight is 315 g/mol. The van der Waals surface area contributed by atoms with Crippen molar-refractivity contribution in [1.29, 1.82) is 0 Å². The lowest BCUT2D eigenvalue weighted by atomic mass is 10.2. The van der Waals surface area contributed by atoms with Crippen LogP contribution in [0.25, 0.3) is 11.3 Å². The Morgan fingerprint density at radius 1 is 1.53 bits per heavy atom. The molecule has 0 aliphatic heterocycles. The van der Waals surface area contributed by atoms with Crippen LogP contribution in [-0.2, 0) is 0 Å². The van der Waals surface area contributed by atoms with E-state index in [0.717, 1.165) is 34.2 Å². The maximum absolute atomic E-state index is 5.96. The number of nitrogens with two attached hydrogens (primary N) is 1. The summed E-state index contributed by atoms with van der Waals surface area (Å²) in [7, 11) is 0. The van der Waals surface area contributed by atoms with Crippen molar-refractivity contribution in [2.75, 3.05) is 23.9 Å². The van der Waals surface area contributed by atoms with Gasteiger partial charge in [-0.05, 0) is 31.1 Å². The molecule has 0 bridgehead atoms. The minimum atomic E-state index is 0.565. The molecule has 3 N–H and O–H groups in total. The Labute approximate surface area is 126 Å². The summed E-state index contributed by atoms with van der Waals surface area (Å²) in [5, 5.41) is 8.19. The van der Waals surface area contributed by atoms with Crippen LogP contribution >= 0.6 is 34.6 Å². The maximum Gasteiger partial charge on any atom is 0.148 e. The maximum atomic E-state index is 5.96. The van der Waals surface area contributed by atoms with Crippen LogP contribution < -0.4 is 11.1 Å². The molecule has 0 aromatic carbocycles. The van der Waals surface area contributed by atoms with Gasteiger partial charge >= 0.3 is 0 Å². The first-order chi connectivity index (χ1) is 9.11. The lowest BCUT2D eigenvalue weighted by Gasteiger charge is -2.09. The molecular weight excluding hydrogens is 296 g/mol. The fraction of sp³-hybridized carbons (Fsp3) is 0.500. The monoisotopic (exact) mass is 314 g/mol. The highest BCUT2D eigenvalue weighted by Crippen LogP contribution is 2.37. The quantitative estimate of drug-likeness (QED) is 0.851. The van der Waals surface area contributed by atoms with E-state index < -0.39 is 0 Å². The summed E-state index contributed by atoms with van der Waals surface area (Å²) in [5.74, 6) is 0.565. The van der Waals surface area contributed by atoms with Crippen molar-refractivity contribution in [1.82, 2.24) is 9.36 Å². The van der Waals surface area contributed by atoms with Crippen LogP contribution in [-0.4, -0.2) is 27.4 Å². The molecule has 104 valence electrons. The van der Waals surface area contributed by atoms with Crippen molar-refractivity contribution in [3.8, 4) is 11.3 Å². The fourth-order valence-electron chi connectivity index (χ4n) is 1.66. The summed E-state index contributed by atoms with van der Waals surface area (Å²) in [6, 6.07) is 0. The second kappa shape index (κ2) is 6.58. The number of rotatable bonds is 6. The van der Waals surface area contributed by atoms with Gasteiger partial charge in [0.05, 0.1) is 16.3 Å². The van der Waals surface area contributed by atoms with Gasteiger partial charge < -0.3 is 11.1 Å². The molecule has 2 rings (SSSR count). The minimum Gasteiger partial charge on any atom is -0.382 e. The van der Waals surface area contributed by atoms with Crippen molar-refractivity contribution < 1.29 is 0 Å². The summed E-state index contributed by atoms with van der Waals surface area (Å²) < 4.78 is 4.24. The van der Waals surface area contributed by atoms with Crippen molar-refractivity contribution in [2.24, 2.45) is 0 Å². The third kappa shape index (κ3) is 3.61. The molecule has 0 saturated carbocycles. The molecular formula is C12H18N4S3. The minimum absolute atomic E-state index is 0.565. The number of thioether (sulfide) groups is 1. The summed E-state index contributed by atoms with van der Waals surface area (Å²) in [4.78, 5) is 4.50. The molecule has 0 radical (unpaired) electrons. The smallest absolute Gasteiger partial charge is 0.148 e. The molecule has 1 atom stereocenters. The van der Waals surface area contributed by atoms with E-state index in [4.69, 9.17) is 5.73 Å². The number of nitrogens with zero attached hydrogens (tertiary/aromatic N) is 2. The number of hydrogen-bond acceptors (Lipinski definition) is 7. The topological polar surface area (TPSA) is 63.8 Å². The van der Waals surface area contributed by atoms with Crippen molar-refractivity contribution in [3.05, 3.63) is 10.4 Å². The number of hydrogen-bond donors (Lipinski definition) is 2. The van der Waals surface area contributed by atoms with Crippen LogP contribution in [0.15, 0.2) is 5.38 Å². The normalized spacial score (nSPS) is 12.6. The van der Waals surface area contributed by atoms with Crippen LogP contribution in [0.4, 0.5) is 10.8 Å². The van der Waals surface area contributed by atoms with E-state index in [-0.39, 0.29) is 0 Å². The molecule has 0 aliphatic rings. The first kappa shape index (κ1) is 14.6. The van der Waals surface area contributed by atoms with E-state index in [1.165, 1.54) is 11.5 Å². The Morgan fingerprint density at radius 3 is 2.95 bits per heavy atom. The first-order valence-corrected chi connectivity index (χ1v) is 9.00. The fourth-order valence-corrected chi connectivity index (χ4v) is 3.36. The zero-order chi connectivity index (χ0) is 13.8. The van der Waals surface area contributed by atoms with Crippen LogP contribution in [0.2, 0.25) is 0 Å². The zero-order valence-electron chi connectivity index (χ0n) is 11.3. The van der Waals surface area contributed by atoms with Crippen LogP contribution in [0.1, 0.15) is 18.4 Å². The third-order valence-corrected chi connectivity index (χ3v) is 5.47. The van der Waals surface area contributed by atoms with E-state index in [1.807, 2.05) is 24.1 Å². The number of nitrogen functional groups attached to an aromatic ring is 1. The molecule has 0 fully saturated rings. The molecule has 2 aromatic rings. The van der Waals surface area contributed by atoms with Crippen LogP contribution in [0, 0.1) is 6.92 Å². The molecule has 2 aromatic heterocycles. The molecule has 0 saturated heterocycles. The zero-order valence-corrected chi connectivity index (χ0v) is 13.7. The Bertz CT molecular complexity index is 535. The van der Waals surface area contributed by atoms with Gasteiger partial charge in [0.2, 0.25) is 0 Å². The van der Waals surface area contributed by atoms with Gasteiger partial charge in [-0.15, -0.1) is 11.3 Å². The lowest BCUT2D eigenvalue weighted by molar-refractivity contribution is 0.855. The molecule has 19 heavy (non-hydrogen) atoms. The predicted molar refractivity (Wildman–Crippen MR) is 88.5 cm³/mol. The van der Waals surface area contributed by atoms with Gasteiger partial charge in [-0.25, -0.2) is 4.98 Å². The highest BCUT2D eigenvalue weighted by Gasteiger charge is 2.16. The van der Waals surface area contributed by atoms with Crippen molar-refractivity contribution in [2.45, 2.75) is 25.5 Å². The Morgan fingerprint density at radius 2 is 2.32 bits per heavy atom. The van der Waals surface area contributed by atoms with Crippen LogP contribution in [0.5, 0.6) is 0 Å². The standard InChI is InChI=1S/C12H18N4S3/c1-7(17-3)4-5-14-12-10(11(13)16-19-12)9-6-18-8(2)15-9/h6-7,14H,4-5H2,1-3H3,(H2,13,16). The molecule has 7 heteroatoms. The second-order valence-electron chi connectivity index (χ2n) is 4.29. The van der Waals surface area contributed by atoms with Crippen LogP contribution in [0.3, 0.4) is 0 Å². The number of nitrogens with one attached hydrogen (secondary N) is 1. The van der Waals surface area contributed by atoms with Gasteiger partial charge in [0.1, 0.15) is 10.8 Å². The van der Waals surface area contributed by atoms with Crippen molar-refractivity contribution in [3.63, 3.8) is 0 Å². The van der Waals surface area contributed by atoms with Gasteiger partial charge in [-0.3, -0.25) is 0 Å².